The van der Waals surface area contributed by atoms with E-state index in [0.717, 1.165) is 6.07 Å². The minimum Gasteiger partial charge on any atom is -0.464 e. The average Bonchev–Trinajstić information content (AvgIpc) is 2.75. The number of sulfonamides is 1. The van der Waals surface area contributed by atoms with Crippen LogP contribution in [-0.4, -0.2) is 8.42 Å². The van der Waals surface area contributed by atoms with Gasteiger partial charge in [-0.1, -0.05) is 0 Å². The summed E-state index contributed by atoms with van der Waals surface area (Å²) in [5.41, 5.74) is 5.65. The predicted octanol–water partition coefficient (Wildman–Crippen LogP) is 2.75. The lowest BCUT2D eigenvalue weighted by molar-refractivity contribution is 0.479. The monoisotopic (exact) mass is 362 g/mol. The van der Waals surface area contributed by atoms with Crippen molar-refractivity contribution in [3.05, 3.63) is 46.1 Å². The highest BCUT2D eigenvalue weighted by atomic mass is 79.9. The normalized spacial score (nSPS) is 11.6. The molecule has 1 aromatic carbocycles. The largest absolute Gasteiger partial charge is 0.464 e. The molecule has 5 nitrogen and oxygen atoms in total. The van der Waals surface area contributed by atoms with E-state index in [1.807, 2.05) is 0 Å². The van der Waals surface area contributed by atoms with Gasteiger partial charge >= 0.3 is 0 Å². The van der Waals surface area contributed by atoms with Crippen molar-refractivity contribution < 1.29 is 17.2 Å². The molecule has 0 saturated heterocycles. The van der Waals surface area contributed by atoms with Crippen LogP contribution in [0.1, 0.15) is 11.5 Å². The van der Waals surface area contributed by atoms with Gasteiger partial charge in [-0.15, -0.1) is 0 Å². The minimum atomic E-state index is -3.82. The van der Waals surface area contributed by atoms with Crippen LogP contribution in [0.3, 0.4) is 0 Å². The summed E-state index contributed by atoms with van der Waals surface area (Å²) >= 11 is 3.10. The third kappa shape index (κ3) is 3.02. The van der Waals surface area contributed by atoms with Crippen molar-refractivity contribution in [2.45, 2.75) is 18.4 Å². The van der Waals surface area contributed by atoms with E-state index in [2.05, 4.69) is 20.7 Å². The Morgan fingerprint density at radius 2 is 2.10 bits per heavy atom. The van der Waals surface area contributed by atoms with Gasteiger partial charge in [0.25, 0.3) is 10.0 Å². The molecule has 0 unspecified atom stereocenters. The lowest BCUT2D eigenvalue weighted by atomic mass is 10.3. The van der Waals surface area contributed by atoms with Gasteiger partial charge in [0.1, 0.15) is 22.2 Å². The van der Waals surface area contributed by atoms with Gasteiger partial charge in [-0.2, -0.15) is 0 Å². The van der Waals surface area contributed by atoms with Crippen LogP contribution >= 0.6 is 15.9 Å². The molecular weight excluding hydrogens is 351 g/mol. The number of nitrogens with one attached hydrogen (secondary N) is 1. The fraction of sp³-hybridized carbons (Fsp3) is 0.167. The number of aryl methyl sites for hydroxylation is 1. The summed E-state index contributed by atoms with van der Waals surface area (Å²) < 4.78 is 45.4. The maximum absolute atomic E-state index is 13.0. The van der Waals surface area contributed by atoms with Gasteiger partial charge in [0.05, 0.1) is 12.2 Å². The number of rotatable bonds is 4. The second kappa shape index (κ2) is 5.55. The minimum absolute atomic E-state index is 0.00850. The van der Waals surface area contributed by atoms with Gasteiger partial charge in [0, 0.05) is 10.5 Å². The predicted molar refractivity (Wildman–Crippen MR) is 76.2 cm³/mol. The van der Waals surface area contributed by atoms with Gasteiger partial charge < -0.3 is 10.2 Å². The molecule has 0 fully saturated rings. The number of anilines is 1. The zero-order chi connectivity index (χ0) is 14.9. The lowest BCUT2D eigenvalue weighted by Gasteiger charge is -2.08. The maximum atomic E-state index is 13.0. The highest BCUT2D eigenvalue weighted by Crippen LogP contribution is 2.27. The van der Waals surface area contributed by atoms with Crippen molar-refractivity contribution in [3.8, 4) is 0 Å². The molecule has 0 amide bonds. The Morgan fingerprint density at radius 3 is 2.65 bits per heavy atom. The molecule has 0 aliphatic heterocycles. The number of furan rings is 1. The van der Waals surface area contributed by atoms with Crippen LogP contribution < -0.4 is 10.5 Å². The summed E-state index contributed by atoms with van der Waals surface area (Å²) in [6, 6.07) is 5.03. The summed E-state index contributed by atoms with van der Waals surface area (Å²) in [7, 11) is -3.82. The smallest absolute Gasteiger partial charge is 0.265 e. The Bertz CT molecular complexity index is 743. The van der Waals surface area contributed by atoms with Crippen molar-refractivity contribution in [2.24, 2.45) is 5.73 Å². The van der Waals surface area contributed by atoms with E-state index < -0.39 is 15.8 Å². The third-order valence-electron chi connectivity index (χ3n) is 2.59. The van der Waals surface area contributed by atoms with Crippen molar-refractivity contribution in [1.82, 2.24) is 0 Å². The van der Waals surface area contributed by atoms with Crippen LogP contribution in [-0.2, 0) is 16.6 Å². The second-order valence-electron chi connectivity index (χ2n) is 4.07. The number of hydrogen-bond donors (Lipinski definition) is 2. The molecule has 0 radical (unpaired) electrons. The van der Waals surface area contributed by atoms with Gasteiger partial charge in [0.15, 0.2) is 0 Å². The molecule has 20 heavy (non-hydrogen) atoms. The summed E-state index contributed by atoms with van der Waals surface area (Å²) in [6.07, 6.45) is 0. The van der Waals surface area contributed by atoms with Crippen molar-refractivity contribution >= 4 is 31.6 Å². The zero-order valence-corrected chi connectivity index (χ0v) is 12.9. The molecule has 0 aliphatic carbocycles. The van der Waals surface area contributed by atoms with E-state index >= 15 is 0 Å². The van der Waals surface area contributed by atoms with Crippen LogP contribution in [0.15, 0.2) is 38.1 Å². The first-order valence-corrected chi connectivity index (χ1v) is 7.88. The standard InChI is InChI=1S/C12H12BrFN2O3S/c1-7-12(5-9(6-15)19-7)20(17,18)16-11-3-2-8(14)4-10(11)13/h2-5,16H,6,15H2,1H3. The molecule has 2 rings (SSSR count). The second-order valence-corrected chi connectivity index (χ2v) is 6.57. The molecule has 0 bridgehead atoms. The SMILES string of the molecule is Cc1oc(CN)cc1S(=O)(=O)Nc1ccc(F)cc1Br. The van der Waals surface area contributed by atoms with Crippen LogP contribution in [0.5, 0.6) is 0 Å². The first kappa shape index (κ1) is 15.0. The molecule has 0 aliphatic rings. The molecule has 8 heteroatoms. The van der Waals surface area contributed by atoms with Crippen LogP contribution in [0.4, 0.5) is 10.1 Å². The number of nitrogens with two attached hydrogens (primary N) is 1. The molecule has 2 aromatic rings. The van der Waals surface area contributed by atoms with E-state index in [1.54, 1.807) is 0 Å². The zero-order valence-electron chi connectivity index (χ0n) is 10.5. The van der Waals surface area contributed by atoms with Crippen LogP contribution in [0.25, 0.3) is 0 Å². The van der Waals surface area contributed by atoms with Crippen molar-refractivity contribution in [2.75, 3.05) is 4.72 Å². The van der Waals surface area contributed by atoms with Gasteiger partial charge in [-0.3, -0.25) is 4.72 Å². The van der Waals surface area contributed by atoms with Crippen molar-refractivity contribution in [1.29, 1.82) is 0 Å². The summed E-state index contributed by atoms with van der Waals surface area (Å²) in [4.78, 5) is 0.00850. The highest BCUT2D eigenvalue weighted by Gasteiger charge is 2.22. The summed E-state index contributed by atoms with van der Waals surface area (Å²) in [5, 5.41) is 0. The Kier molecular flexibility index (Phi) is 4.17. The lowest BCUT2D eigenvalue weighted by Crippen LogP contribution is -2.13. The molecule has 0 atom stereocenters. The number of halogens is 2. The Hall–Kier alpha value is -1.38. The molecular formula is C12H12BrFN2O3S. The molecule has 108 valence electrons. The third-order valence-corrected chi connectivity index (χ3v) is 4.72. The Balaban J connectivity index is 2.38. The Morgan fingerprint density at radius 1 is 1.40 bits per heavy atom. The molecule has 0 spiro atoms. The average molecular weight is 363 g/mol. The first-order chi connectivity index (χ1) is 9.33. The van der Waals surface area contributed by atoms with Crippen molar-refractivity contribution in [3.63, 3.8) is 0 Å². The summed E-state index contributed by atoms with van der Waals surface area (Å²) in [5.74, 6) is 0.155. The maximum Gasteiger partial charge on any atom is 0.265 e. The molecule has 1 heterocycles. The quantitative estimate of drug-likeness (QED) is 0.875. The van der Waals surface area contributed by atoms with E-state index in [-0.39, 0.29) is 22.9 Å². The topological polar surface area (TPSA) is 85.3 Å². The van der Waals surface area contributed by atoms with E-state index in [9.17, 15) is 12.8 Å². The summed E-state index contributed by atoms with van der Waals surface area (Å²) in [6.45, 7) is 1.64. The fourth-order valence-corrected chi connectivity index (χ4v) is 3.53. The first-order valence-electron chi connectivity index (χ1n) is 5.60. The van der Waals surface area contributed by atoms with Crippen LogP contribution in [0.2, 0.25) is 0 Å². The van der Waals surface area contributed by atoms with E-state index in [4.69, 9.17) is 10.2 Å². The highest BCUT2D eigenvalue weighted by molar-refractivity contribution is 9.10. The number of hydrogen-bond acceptors (Lipinski definition) is 4. The van der Waals surface area contributed by atoms with Gasteiger partial charge in [-0.05, 0) is 41.1 Å². The molecule has 0 saturated carbocycles. The van der Waals surface area contributed by atoms with Gasteiger partial charge in [0.2, 0.25) is 0 Å². The number of benzene rings is 1. The van der Waals surface area contributed by atoms with E-state index in [1.165, 1.54) is 25.1 Å². The Labute approximate surface area is 124 Å². The van der Waals surface area contributed by atoms with E-state index in [0.29, 0.717) is 10.2 Å². The molecule has 1 aromatic heterocycles. The molecule has 3 N–H and O–H groups in total. The van der Waals surface area contributed by atoms with Crippen LogP contribution in [0, 0.1) is 12.7 Å². The fourth-order valence-electron chi connectivity index (χ4n) is 1.66. The van der Waals surface area contributed by atoms with Gasteiger partial charge in [-0.25, -0.2) is 12.8 Å².